The molecule has 8 nitrogen and oxygen atoms in total. The van der Waals surface area contributed by atoms with Crippen LogP contribution in [0, 0.1) is 20.8 Å². The number of hydrogen-bond donors (Lipinski definition) is 2. The molecule has 1 aliphatic rings. The summed E-state index contributed by atoms with van der Waals surface area (Å²) in [5.41, 5.74) is 8.81. The molecular weight excluding hydrogens is 318 g/mol. The van der Waals surface area contributed by atoms with E-state index in [1.54, 1.807) is 0 Å². The molecule has 0 bridgehead atoms. The quantitative estimate of drug-likeness (QED) is 0.749. The molecular formula is C17H23N7O. The molecule has 0 aliphatic carbocycles. The number of aryl methyl sites for hydroxylation is 3. The van der Waals surface area contributed by atoms with Crippen molar-refractivity contribution in [3.63, 3.8) is 0 Å². The Kier molecular flexibility index (Phi) is 3.84. The average molecular weight is 341 g/mol. The number of H-pyrrole nitrogens is 1. The standard InChI is InChI=1S/C17H23N7O/c1-10-8-14(22-21-10)24-6-4-23(5-7-24)9-13-19-16(18)15-11(2)12(3)25-17(15)20-13/h8H,4-7,9H2,1-3H3,(H,21,22)(H2,18,19,20). The van der Waals surface area contributed by atoms with Crippen LogP contribution in [-0.4, -0.2) is 51.2 Å². The predicted octanol–water partition coefficient (Wildman–Crippen LogP) is 1.78. The van der Waals surface area contributed by atoms with Crippen LogP contribution in [0.15, 0.2) is 10.5 Å². The van der Waals surface area contributed by atoms with Gasteiger partial charge in [0, 0.05) is 43.5 Å². The van der Waals surface area contributed by atoms with Gasteiger partial charge < -0.3 is 15.1 Å². The Labute approximate surface area is 146 Å². The Morgan fingerprint density at radius 2 is 1.92 bits per heavy atom. The van der Waals surface area contributed by atoms with E-state index in [9.17, 15) is 0 Å². The molecule has 0 atom stereocenters. The minimum atomic E-state index is 0.500. The van der Waals surface area contributed by atoms with Gasteiger partial charge in [0.2, 0.25) is 5.71 Å². The summed E-state index contributed by atoms with van der Waals surface area (Å²) in [7, 11) is 0. The Morgan fingerprint density at radius 1 is 1.16 bits per heavy atom. The van der Waals surface area contributed by atoms with Crippen molar-refractivity contribution in [1.29, 1.82) is 0 Å². The zero-order chi connectivity index (χ0) is 17.6. The van der Waals surface area contributed by atoms with Gasteiger partial charge in [-0.3, -0.25) is 10.00 Å². The van der Waals surface area contributed by atoms with Crippen LogP contribution in [-0.2, 0) is 6.54 Å². The van der Waals surface area contributed by atoms with Gasteiger partial charge in [-0.2, -0.15) is 10.1 Å². The first-order valence-electron chi connectivity index (χ1n) is 8.52. The van der Waals surface area contributed by atoms with Crippen molar-refractivity contribution in [3.8, 4) is 0 Å². The molecule has 1 fully saturated rings. The fourth-order valence-electron chi connectivity index (χ4n) is 3.30. The first-order chi connectivity index (χ1) is 12.0. The lowest BCUT2D eigenvalue weighted by atomic mass is 10.2. The first-order valence-corrected chi connectivity index (χ1v) is 8.52. The van der Waals surface area contributed by atoms with E-state index in [1.807, 2.05) is 20.8 Å². The van der Waals surface area contributed by atoms with E-state index in [1.165, 1.54) is 0 Å². The summed E-state index contributed by atoms with van der Waals surface area (Å²) in [5, 5.41) is 8.16. The molecule has 0 saturated carbocycles. The fourth-order valence-corrected chi connectivity index (χ4v) is 3.30. The van der Waals surface area contributed by atoms with Crippen molar-refractivity contribution >= 4 is 22.7 Å². The summed E-state index contributed by atoms with van der Waals surface area (Å²) in [6.45, 7) is 10.3. The van der Waals surface area contributed by atoms with Gasteiger partial charge in [0.25, 0.3) is 0 Å². The molecule has 8 heteroatoms. The molecule has 1 aliphatic heterocycles. The largest absolute Gasteiger partial charge is 0.443 e. The predicted molar refractivity (Wildman–Crippen MR) is 96.5 cm³/mol. The Balaban J connectivity index is 1.46. The highest BCUT2D eigenvalue weighted by atomic mass is 16.3. The van der Waals surface area contributed by atoms with Crippen LogP contribution in [0.5, 0.6) is 0 Å². The van der Waals surface area contributed by atoms with E-state index >= 15 is 0 Å². The van der Waals surface area contributed by atoms with Gasteiger partial charge in [0.15, 0.2) is 5.82 Å². The number of nitrogens with one attached hydrogen (secondary N) is 1. The summed E-state index contributed by atoms with van der Waals surface area (Å²) in [6, 6.07) is 2.08. The fraction of sp³-hybridized carbons (Fsp3) is 0.471. The molecule has 132 valence electrons. The van der Waals surface area contributed by atoms with E-state index in [-0.39, 0.29) is 0 Å². The molecule has 25 heavy (non-hydrogen) atoms. The zero-order valence-corrected chi connectivity index (χ0v) is 14.8. The molecule has 1 saturated heterocycles. The maximum Gasteiger partial charge on any atom is 0.231 e. The summed E-state index contributed by atoms with van der Waals surface area (Å²) in [5.74, 6) is 3.07. The third kappa shape index (κ3) is 2.93. The van der Waals surface area contributed by atoms with Gasteiger partial charge in [-0.05, 0) is 20.8 Å². The third-order valence-electron chi connectivity index (χ3n) is 4.86. The maximum absolute atomic E-state index is 6.13. The van der Waals surface area contributed by atoms with E-state index in [0.717, 1.165) is 54.4 Å². The second-order valence-electron chi connectivity index (χ2n) is 6.66. The minimum absolute atomic E-state index is 0.500. The van der Waals surface area contributed by atoms with Crippen molar-refractivity contribution < 1.29 is 4.42 Å². The molecule has 3 N–H and O–H groups in total. The number of nitrogen functional groups attached to an aromatic ring is 1. The SMILES string of the molecule is Cc1cc(N2CCN(Cc3nc(N)c4c(C)c(C)oc4n3)CC2)n[nH]1. The van der Waals surface area contributed by atoms with Gasteiger partial charge in [-0.15, -0.1) is 0 Å². The number of piperazine rings is 1. The average Bonchev–Trinajstić information content (AvgIpc) is 3.12. The zero-order valence-electron chi connectivity index (χ0n) is 14.8. The topological polar surface area (TPSA) is 100 Å². The second-order valence-corrected chi connectivity index (χ2v) is 6.66. The van der Waals surface area contributed by atoms with Crippen LogP contribution in [0.3, 0.4) is 0 Å². The Hall–Kier alpha value is -2.61. The van der Waals surface area contributed by atoms with Crippen LogP contribution >= 0.6 is 0 Å². The number of furan rings is 1. The van der Waals surface area contributed by atoms with E-state index in [0.29, 0.717) is 23.9 Å². The molecule has 0 aromatic carbocycles. The summed E-state index contributed by atoms with van der Waals surface area (Å²) >= 11 is 0. The molecule has 0 radical (unpaired) electrons. The highest BCUT2D eigenvalue weighted by Crippen LogP contribution is 2.27. The van der Waals surface area contributed by atoms with Gasteiger partial charge in [-0.25, -0.2) is 4.98 Å². The number of anilines is 2. The summed E-state index contributed by atoms with van der Waals surface area (Å²) in [6.07, 6.45) is 0. The van der Waals surface area contributed by atoms with Gasteiger partial charge >= 0.3 is 0 Å². The summed E-state index contributed by atoms with van der Waals surface area (Å²) in [4.78, 5) is 13.7. The lowest BCUT2D eigenvalue weighted by Crippen LogP contribution is -2.46. The number of nitrogens with two attached hydrogens (primary N) is 1. The number of aromatic amines is 1. The Morgan fingerprint density at radius 3 is 2.60 bits per heavy atom. The van der Waals surface area contributed by atoms with Gasteiger partial charge in [0.1, 0.15) is 17.4 Å². The van der Waals surface area contributed by atoms with Gasteiger partial charge in [-0.1, -0.05) is 0 Å². The molecule has 0 amide bonds. The lowest BCUT2D eigenvalue weighted by Gasteiger charge is -2.34. The molecule has 0 spiro atoms. The van der Waals surface area contributed by atoms with Crippen molar-refractivity contribution in [3.05, 3.63) is 28.9 Å². The minimum Gasteiger partial charge on any atom is -0.443 e. The number of rotatable bonds is 3. The number of hydrogen-bond acceptors (Lipinski definition) is 7. The maximum atomic E-state index is 6.13. The highest BCUT2D eigenvalue weighted by Gasteiger charge is 2.21. The van der Waals surface area contributed by atoms with E-state index in [4.69, 9.17) is 10.2 Å². The number of fused-ring (bicyclic) bond motifs is 1. The van der Waals surface area contributed by atoms with E-state index < -0.39 is 0 Å². The molecule has 4 rings (SSSR count). The molecule has 3 aromatic rings. The van der Waals surface area contributed by atoms with Gasteiger partial charge in [0.05, 0.1) is 11.9 Å². The van der Waals surface area contributed by atoms with Crippen LogP contribution in [0.1, 0.15) is 22.8 Å². The molecule has 0 unspecified atom stereocenters. The van der Waals surface area contributed by atoms with Crippen molar-refractivity contribution in [2.75, 3.05) is 36.8 Å². The highest BCUT2D eigenvalue weighted by molar-refractivity contribution is 5.88. The number of aromatic nitrogens is 4. The number of nitrogens with zero attached hydrogens (tertiary/aromatic N) is 5. The monoisotopic (exact) mass is 341 g/mol. The smallest absolute Gasteiger partial charge is 0.231 e. The van der Waals surface area contributed by atoms with Crippen LogP contribution < -0.4 is 10.6 Å². The second kappa shape index (κ2) is 6.03. The summed E-state index contributed by atoms with van der Waals surface area (Å²) < 4.78 is 5.72. The first kappa shape index (κ1) is 15.9. The Bertz CT molecular complexity index is 905. The third-order valence-corrected chi connectivity index (χ3v) is 4.86. The molecule has 4 heterocycles. The van der Waals surface area contributed by atoms with Crippen LogP contribution in [0.4, 0.5) is 11.6 Å². The van der Waals surface area contributed by atoms with Crippen molar-refractivity contribution in [2.24, 2.45) is 0 Å². The van der Waals surface area contributed by atoms with Crippen molar-refractivity contribution in [1.82, 2.24) is 25.1 Å². The lowest BCUT2D eigenvalue weighted by molar-refractivity contribution is 0.243. The van der Waals surface area contributed by atoms with Crippen LogP contribution in [0.2, 0.25) is 0 Å². The van der Waals surface area contributed by atoms with Crippen molar-refractivity contribution in [2.45, 2.75) is 27.3 Å². The van der Waals surface area contributed by atoms with Crippen LogP contribution in [0.25, 0.3) is 11.1 Å². The molecule has 3 aromatic heterocycles. The van der Waals surface area contributed by atoms with E-state index in [2.05, 4.69) is 36.0 Å². The normalized spacial score (nSPS) is 16.0.